The Hall–Kier alpha value is -2.50. The van der Waals surface area contributed by atoms with E-state index in [1.165, 1.54) is 0 Å². The third-order valence-corrected chi connectivity index (χ3v) is 4.10. The fourth-order valence-corrected chi connectivity index (χ4v) is 2.86. The second kappa shape index (κ2) is 6.73. The molecule has 0 aromatic carbocycles. The molecule has 2 aromatic rings. The topological polar surface area (TPSA) is 71.0 Å². The molecule has 1 atom stereocenters. The van der Waals surface area contributed by atoms with Gasteiger partial charge in [-0.15, -0.1) is 0 Å². The molecule has 3 heterocycles. The molecule has 0 unspecified atom stereocenters. The zero-order valence-corrected chi connectivity index (χ0v) is 13.5. The molecule has 1 aliphatic heterocycles. The number of nitrogens with zero attached hydrogens (tertiary/aromatic N) is 4. The lowest BCUT2D eigenvalue weighted by atomic mass is 9.95. The van der Waals surface area contributed by atoms with Gasteiger partial charge in [-0.2, -0.15) is 0 Å². The first kappa shape index (κ1) is 15.4. The van der Waals surface area contributed by atoms with E-state index in [0.29, 0.717) is 5.82 Å². The van der Waals surface area contributed by atoms with Gasteiger partial charge < -0.3 is 10.2 Å². The van der Waals surface area contributed by atoms with E-state index in [4.69, 9.17) is 0 Å². The number of piperidine rings is 1. The summed E-state index contributed by atoms with van der Waals surface area (Å²) in [4.78, 5) is 26.8. The molecule has 23 heavy (non-hydrogen) atoms. The number of aromatic nitrogens is 3. The quantitative estimate of drug-likeness (QED) is 0.943. The van der Waals surface area contributed by atoms with Gasteiger partial charge in [0, 0.05) is 31.6 Å². The second-order valence-corrected chi connectivity index (χ2v) is 5.92. The molecule has 1 fully saturated rings. The normalized spacial score (nSPS) is 17.8. The minimum atomic E-state index is 0.131. The van der Waals surface area contributed by atoms with Crippen LogP contribution in [0.25, 0.3) is 0 Å². The lowest BCUT2D eigenvalue weighted by Crippen LogP contribution is -2.37. The number of nitrogens with one attached hydrogen (secondary N) is 1. The van der Waals surface area contributed by atoms with E-state index >= 15 is 0 Å². The summed E-state index contributed by atoms with van der Waals surface area (Å²) in [5.41, 5.74) is 1.89. The van der Waals surface area contributed by atoms with Crippen LogP contribution in [0.3, 0.4) is 0 Å². The highest BCUT2D eigenvalue weighted by Crippen LogP contribution is 2.25. The van der Waals surface area contributed by atoms with Gasteiger partial charge in [0.05, 0.1) is 18.1 Å². The van der Waals surface area contributed by atoms with E-state index in [9.17, 15) is 4.79 Å². The minimum Gasteiger partial charge on any atom is -0.342 e. The van der Waals surface area contributed by atoms with E-state index in [0.717, 1.165) is 43.1 Å². The van der Waals surface area contributed by atoms with Crippen LogP contribution in [0, 0.1) is 6.92 Å². The summed E-state index contributed by atoms with van der Waals surface area (Å²) in [5, 5.41) is 3.15. The fourth-order valence-electron chi connectivity index (χ4n) is 2.86. The lowest BCUT2D eigenvalue weighted by molar-refractivity contribution is -0.130. The predicted octanol–water partition coefficient (Wildman–Crippen LogP) is 2.65. The number of anilines is 2. The van der Waals surface area contributed by atoms with Crippen molar-refractivity contribution < 1.29 is 4.79 Å². The van der Waals surface area contributed by atoms with Gasteiger partial charge in [0.25, 0.3) is 0 Å². The van der Waals surface area contributed by atoms with E-state index in [-0.39, 0.29) is 11.8 Å². The van der Waals surface area contributed by atoms with Crippen molar-refractivity contribution >= 4 is 17.5 Å². The van der Waals surface area contributed by atoms with Crippen molar-refractivity contribution in [3.8, 4) is 0 Å². The molecule has 0 radical (unpaired) electrons. The van der Waals surface area contributed by atoms with Crippen molar-refractivity contribution in [2.75, 3.05) is 18.4 Å². The van der Waals surface area contributed by atoms with Gasteiger partial charge in [-0.1, -0.05) is 6.07 Å². The van der Waals surface area contributed by atoms with Crippen LogP contribution in [0.4, 0.5) is 11.6 Å². The first-order valence-electron chi connectivity index (χ1n) is 7.90. The van der Waals surface area contributed by atoms with Crippen LogP contribution in [0.5, 0.6) is 0 Å². The molecule has 3 rings (SSSR count). The molecule has 6 nitrogen and oxygen atoms in total. The molecular weight excluding hydrogens is 290 g/mol. The molecule has 0 saturated carbocycles. The van der Waals surface area contributed by atoms with Crippen molar-refractivity contribution in [1.82, 2.24) is 19.9 Å². The average Bonchev–Trinajstić information content (AvgIpc) is 2.56. The average molecular weight is 311 g/mol. The zero-order valence-electron chi connectivity index (χ0n) is 13.5. The Kier molecular flexibility index (Phi) is 4.50. The highest BCUT2D eigenvalue weighted by molar-refractivity contribution is 5.73. The summed E-state index contributed by atoms with van der Waals surface area (Å²) >= 11 is 0. The van der Waals surface area contributed by atoms with Crippen LogP contribution in [-0.2, 0) is 4.79 Å². The Morgan fingerprint density at radius 2 is 2.13 bits per heavy atom. The fraction of sp³-hybridized carbons (Fsp3) is 0.412. The van der Waals surface area contributed by atoms with Crippen LogP contribution in [0.1, 0.15) is 37.1 Å². The van der Waals surface area contributed by atoms with Crippen molar-refractivity contribution in [2.45, 2.75) is 32.6 Å². The van der Waals surface area contributed by atoms with Gasteiger partial charge in [-0.05, 0) is 31.9 Å². The number of hydrogen-bond donors (Lipinski definition) is 1. The van der Waals surface area contributed by atoms with Gasteiger partial charge in [0.1, 0.15) is 11.6 Å². The molecule has 0 aliphatic carbocycles. The number of hydrogen-bond acceptors (Lipinski definition) is 5. The van der Waals surface area contributed by atoms with Crippen LogP contribution in [0.15, 0.2) is 30.6 Å². The number of pyridine rings is 1. The number of rotatable bonds is 3. The van der Waals surface area contributed by atoms with Crippen LogP contribution in [-0.4, -0.2) is 38.8 Å². The maximum atomic E-state index is 11.5. The molecule has 1 saturated heterocycles. The van der Waals surface area contributed by atoms with Crippen LogP contribution in [0.2, 0.25) is 0 Å². The summed E-state index contributed by atoms with van der Waals surface area (Å²) in [6.45, 7) is 5.15. The smallest absolute Gasteiger partial charge is 0.219 e. The maximum absolute atomic E-state index is 11.5. The molecule has 0 bridgehead atoms. The number of likely N-dealkylation sites (tertiary alicyclic amines) is 1. The third kappa shape index (κ3) is 3.83. The standard InChI is InChI=1S/C17H21N5O/c1-12-5-3-7-16(20-12)21-17-10-18-15(9-19-17)14-6-4-8-22(11-14)13(2)23/h3,5,7,9-10,14H,4,6,8,11H2,1-2H3,(H,19,20,21)/t14-/m1/s1. The summed E-state index contributed by atoms with van der Waals surface area (Å²) in [6.07, 6.45) is 5.59. The van der Waals surface area contributed by atoms with Crippen molar-refractivity contribution in [1.29, 1.82) is 0 Å². The highest BCUT2D eigenvalue weighted by Gasteiger charge is 2.23. The summed E-state index contributed by atoms with van der Waals surface area (Å²) in [6, 6.07) is 5.79. The summed E-state index contributed by atoms with van der Waals surface area (Å²) < 4.78 is 0. The second-order valence-electron chi connectivity index (χ2n) is 5.92. The molecule has 1 amide bonds. The van der Waals surface area contributed by atoms with Crippen molar-refractivity contribution in [3.05, 3.63) is 42.0 Å². The Balaban J connectivity index is 1.68. The molecular formula is C17H21N5O. The van der Waals surface area contributed by atoms with Crippen LogP contribution < -0.4 is 5.32 Å². The number of aryl methyl sites for hydroxylation is 1. The van der Waals surface area contributed by atoms with E-state index in [1.54, 1.807) is 19.3 Å². The molecule has 120 valence electrons. The van der Waals surface area contributed by atoms with Gasteiger partial charge in [-0.3, -0.25) is 9.78 Å². The number of amides is 1. The third-order valence-electron chi connectivity index (χ3n) is 4.10. The minimum absolute atomic E-state index is 0.131. The van der Waals surface area contributed by atoms with Gasteiger partial charge in [0.15, 0.2) is 0 Å². The lowest BCUT2D eigenvalue weighted by Gasteiger charge is -2.31. The van der Waals surface area contributed by atoms with Crippen molar-refractivity contribution in [2.24, 2.45) is 0 Å². The van der Waals surface area contributed by atoms with Crippen LogP contribution >= 0.6 is 0 Å². The van der Waals surface area contributed by atoms with Gasteiger partial charge in [0.2, 0.25) is 5.91 Å². The monoisotopic (exact) mass is 311 g/mol. The number of carbonyl (C=O) groups is 1. The molecule has 2 aromatic heterocycles. The summed E-state index contributed by atoms with van der Waals surface area (Å²) in [7, 11) is 0. The largest absolute Gasteiger partial charge is 0.342 e. The van der Waals surface area contributed by atoms with E-state index in [1.807, 2.05) is 30.0 Å². The highest BCUT2D eigenvalue weighted by atomic mass is 16.2. The Morgan fingerprint density at radius 1 is 1.26 bits per heavy atom. The molecule has 0 spiro atoms. The Labute approximate surface area is 136 Å². The van der Waals surface area contributed by atoms with E-state index in [2.05, 4.69) is 20.3 Å². The Bertz CT molecular complexity index is 686. The first-order valence-corrected chi connectivity index (χ1v) is 7.90. The zero-order chi connectivity index (χ0) is 16.2. The molecule has 1 aliphatic rings. The van der Waals surface area contributed by atoms with Gasteiger partial charge >= 0.3 is 0 Å². The van der Waals surface area contributed by atoms with E-state index < -0.39 is 0 Å². The maximum Gasteiger partial charge on any atom is 0.219 e. The predicted molar refractivity (Wildman–Crippen MR) is 88.5 cm³/mol. The van der Waals surface area contributed by atoms with Crippen molar-refractivity contribution in [3.63, 3.8) is 0 Å². The van der Waals surface area contributed by atoms with Gasteiger partial charge in [-0.25, -0.2) is 9.97 Å². The Morgan fingerprint density at radius 3 is 2.83 bits per heavy atom. The molecule has 6 heteroatoms. The first-order chi connectivity index (χ1) is 11.1. The SMILES string of the molecule is CC(=O)N1CCC[C@@H](c2cnc(Nc3cccc(C)n3)cn2)C1. The number of carbonyl (C=O) groups excluding carboxylic acids is 1. The molecule has 1 N–H and O–H groups in total. The summed E-state index contributed by atoms with van der Waals surface area (Å²) in [5.74, 6) is 1.83.